The minimum atomic E-state index is -3.56. The van der Waals surface area contributed by atoms with Crippen molar-refractivity contribution in [3.8, 4) is 12.3 Å². The van der Waals surface area contributed by atoms with Crippen LogP contribution in [0.1, 0.15) is 116 Å². The van der Waals surface area contributed by atoms with Crippen LogP contribution < -0.4 is 10.6 Å². The molecule has 43 heavy (non-hydrogen) atoms. The lowest BCUT2D eigenvalue weighted by molar-refractivity contribution is -0.132. The van der Waals surface area contributed by atoms with Gasteiger partial charge in [0, 0.05) is 6.42 Å². The zero-order valence-electron chi connectivity index (χ0n) is 26.1. The molecular formula is C34H54N2O6S. The molecule has 0 spiro atoms. The molecule has 8 nitrogen and oxygen atoms in total. The number of amides is 2. The molecule has 0 bridgehead atoms. The standard InChI is InChI=1S/C34H54N2O6S/c1-3-14-29(34(40)36-30(32(38)31(37)4-2)22-26-17-10-6-11-18-26)35-33(39)28(21-25-15-8-5-9-16-25)24-43(41,42)23-27-19-12-7-13-20-27/h1,15,19,26,28-32,37-38H,4-14,16-18,20-24H2,2H3,(H,35,39)(H,36,40)/t28-,29+,30+,31+,32-/m1/s1. The SMILES string of the molecule is C#CC[C@H](NC(=O)[C@H](CC1=CCCCC1)CS(=O)(=O)CC1=CCCCC1)C(=O)N[C@@H](CC1CCCCC1)[C@@H](O)[C@@H](O)CC. The molecule has 242 valence electrons. The highest BCUT2D eigenvalue weighted by Crippen LogP contribution is 2.29. The van der Waals surface area contributed by atoms with Crippen LogP contribution in [0, 0.1) is 24.2 Å². The van der Waals surface area contributed by atoms with Crippen LogP contribution in [-0.4, -0.2) is 66.2 Å². The lowest BCUT2D eigenvalue weighted by Gasteiger charge is -2.33. The number of hydrogen-bond acceptors (Lipinski definition) is 6. The van der Waals surface area contributed by atoms with Crippen molar-refractivity contribution in [1.82, 2.24) is 10.6 Å². The monoisotopic (exact) mass is 618 g/mol. The molecule has 3 aliphatic carbocycles. The van der Waals surface area contributed by atoms with Crippen LogP contribution in [0.4, 0.5) is 0 Å². The van der Waals surface area contributed by atoms with Gasteiger partial charge in [0.2, 0.25) is 11.8 Å². The first-order chi connectivity index (χ1) is 20.6. The van der Waals surface area contributed by atoms with E-state index in [2.05, 4.69) is 22.6 Å². The summed E-state index contributed by atoms with van der Waals surface area (Å²) in [5.74, 6) is 0.612. The van der Waals surface area contributed by atoms with Crippen molar-refractivity contribution in [3.05, 3.63) is 23.3 Å². The molecule has 1 saturated carbocycles. The van der Waals surface area contributed by atoms with Crippen molar-refractivity contribution in [2.24, 2.45) is 11.8 Å². The third-order valence-corrected chi connectivity index (χ3v) is 11.1. The number of hydrogen-bond donors (Lipinski definition) is 4. The van der Waals surface area contributed by atoms with E-state index in [0.717, 1.165) is 88.2 Å². The lowest BCUT2D eigenvalue weighted by atomic mass is 9.82. The third kappa shape index (κ3) is 12.0. The Balaban J connectivity index is 1.75. The summed E-state index contributed by atoms with van der Waals surface area (Å²) in [5, 5.41) is 27.0. The van der Waals surface area contributed by atoms with Gasteiger partial charge in [-0.3, -0.25) is 9.59 Å². The number of aliphatic hydroxyl groups is 2. The molecule has 0 aromatic rings. The van der Waals surface area contributed by atoms with Crippen LogP contribution in [0.2, 0.25) is 0 Å². The van der Waals surface area contributed by atoms with Crippen molar-refractivity contribution >= 4 is 21.7 Å². The maximum atomic E-state index is 13.7. The first-order valence-electron chi connectivity index (χ1n) is 16.6. The fraction of sp³-hybridized carbons (Fsp3) is 0.765. The van der Waals surface area contributed by atoms with E-state index in [0.29, 0.717) is 25.2 Å². The Morgan fingerprint density at radius 1 is 0.953 bits per heavy atom. The Morgan fingerprint density at radius 2 is 1.60 bits per heavy atom. The maximum Gasteiger partial charge on any atom is 0.243 e. The molecule has 0 heterocycles. The molecule has 3 aliphatic rings. The van der Waals surface area contributed by atoms with Gasteiger partial charge in [-0.15, -0.1) is 12.3 Å². The molecular weight excluding hydrogens is 564 g/mol. The number of nitrogens with one attached hydrogen (secondary N) is 2. The minimum absolute atomic E-state index is 0.0371. The molecule has 0 aromatic carbocycles. The molecule has 0 unspecified atom stereocenters. The summed E-state index contributed by atoms with van der Waals surface area (Å²) in [6, 6.07) is -1.76. The molecule has 5 atom stereocenters. The number of carbonyl (C=O) groups is 2. The van der Waals surface area contributed by atoms with Crippen LogP contribution in [0.15, 0.2) is 23.3 Å². The number of allylic oxidation sites excluding steroid dienone is 3. The van der Waals surface area contributed by atoms with E-state index in [1.807, 2.05) is 6.08 Å². The summed E-state index contributed by atoms with van der Waals surface area (Å²) in [4.78, 5) is 27.3. The van der Waals surface area contributed by atoms with Crippen molar-refractivity contribution in [2.75, 3.05) is 11.5 Å². The Kier molecular flexibility index (Phi) is 14.8. The van der Waals surface area contributed by atoms with Crippen molar-refractivity contribution in [1.29, 1.82) is 0 Å². The Hall–Kier alpha value is -2.15. The highest BCUT2D eigenvalue weighted by molar-refractivity contribution is 7.91. The van der Waals surface area contributed by atoms with Crippen LogP contribution in [0.3, 0.4) is 0 Å². The summed E-state index contributed by atoms with van der Waals surface area (Å²) in [7, 11) is -3.56. The van der Waals surface area contributed by atoms with Crippen molar-refractivity contribution < 1.29 is 28.2 Å². The third-order valence-electron chi connectivity index (χ3n) is 9.33. The van der Waals surface area contributed by atoms with E-state index >= 15 is 0 Å². The number of terminal acetylenes is 1. The van der Waals surface area contributed by atoms with Gasteiger partial charge < -0.3 is 20.8 Å². The normalized spacial score (nSPS) is 21.7. The largest absolute Gasteiger partial charge is 0.390 e. The van der Waals surface area contributed by atoms with Gasteiger partial charge in [0.15, 0.2) is 9.84 Å². The van der Waals surface area contributed by atoms with E-state index in [1.54, 1.807) is 6.92 Å². The fourth-order valence-electron chi connectivity index (χ4n) is 6.79. The van der Waals surface area contributed by atoms with E-state index in [1.165, 1.54) is 6.42 Å². The van der Waals surface area contributed by atoms with E-state index in [9.17, 15) is 28.2 Å². The molecule has 3 rings (SSSR count). The van der Waals surface area contributed by atoms with E-state index < -0.39 is 51.9 Å². The van der Waals surface area contributed by atoms with Crippen LogP contribution in [0.25, 0.3) is 0 Å². The highest BCUT2D eigenvalue weighted by atomic mass is 32.2. The Bertz CT molecular complexity index is 1120. The van der Waals surface area contributed by atoms with Gasteiger partial charge >= 0.3 is 0 Å². The Morgan fingerprint density at radius 3 is 2.19 bits per heavy atom. The molecule has 4 N–H and O–H groups in total. The average molecular weight is 619 g/mol. The molecule has 0 radical (unpaired) electrons. The van der Waals surface area contributed by atoms with Gasteiger partial charge in [0.05, 0.1) is 35.7 Å². The van der Waals surface area contributed by atoms with Gasteiger partial charge in [0.25, 0.3) is 0 Å². The van der Waals surface area contributed by atoms with Gasteiger partial charge in [0.1, 0.15) is 6.04 Å². The van der Waals surface area contributed by atoms with E-state index in [4.69, 9.17) is 6.42 Å². The summed E-state index contributed by atoms with van der Waals surface area (Å²) in [6.45, 7) is 1.77. The predicted octanol–water partition coefficient (Wildman–Crippen LogP) is 4.50. The lowest BCUT2D eigenvalue weighted by Crippen LogP contribution is -2.55. The van der Waals surface area contributed by atoms with Crippen LogP contribution in [0.5, 0.6) is 0 Å². The van der Waals surface area contributed by atoms with Gasteiger partial charge in [-0.05, 0) is 76.5 Å². The van der Waals surface area contributed by atoms with Gasteiger partial charge in [-0.2, -0.15) is 0 Å². The second-order valence-electron chi connectivity index (χ2n) is 13.0. The van der Waals surface area contributed by atoms with Gasteiger partial charge in [-0.1, -0.05) is 62.3 Å². The molecule has 0 aliphatic heterocycles. The second-order valence-corrected chi connectivity index (χ2v) is 15.1. The molecule has 2 amide bonds. The summed E-state index contributed by atoms with van der Waals surface area (Å²) in [5.41, 5.74) is 2.00. The quantitative estimate of drug-likeness (QED) is 0.149. The van der Waals surface area contributed by atoms with Gasteiger partial charge in [-0.25, -0.2) is 8.42 Å². The number of carbonyl (C=O) groups excluding carboxylic acids is 2. The summed E-state index contributed by atoms with van der Waals surface area (Å²) >= 11 is 0. The topological polar surface area (TPSA) is 133 Å². The van der Waals surface area contributed by atoms with Crippen LogP contribution >= 0.6 is 0 Å². The van der Waals surface area contributed by atoms with Crippen molar-refractivity contribution in [3.63, 3.8) is 0 Å². The van der Waals surface area contributed by atoms with E-state index in [-0.39, 0.29) is 17.9 Å². The smallest absolute Gasteiger partial charge is 0.243 e. The minimum Gasteiger partial charge on any atom is -0.390 e. The zero-order chi connectivity index (χ0) is 31.2. The molecule has 0 aromatic heterocycles. The highest BCUT2D eigenvalue weighted by Gasteiger charge is 2.34. The van der Waals surface area contributed by atoms with Crippen LogP contribution in [-0.2, 0) is 19.4 Å². The number of aliphatic hydroxyl groups excluding tert-OH is 2. The Labute approximate surface area is 259 Å². The molecule has 0 saturated heterocycles. The molecule has 9 heteroatoms. The maximum absolute atomic E-state index is 13.7. The zero-order valence-corrected chi connectivity index (χ0v) is 26.9. The fourth-order valence-corrected chi connectivity index (χ4v) is 8.62. The first kappa shape index (κ1) is 35.3. The van der Waals surface area contributed by atoms with Crippen molar-refractivity contribution in [2.45, 2.75) is 140 Å². The molecule has 1 fully saturated rings. The second kappa shape index (κ2) is 18.0. The first-order valence-corrected chi connectivity index (χ1v) is 18.4. The predicted molar refractivity (Wildman–Crippen MR) is 171 cm³/mol. The summed E-state index contributed by atoms with van der Waals surface area (Å²) < 4.78 is 26.6. The average Bonchev–Trinajstić information content (AvgIpc) is 3.00. The summed E-state index contributed by atoms with van der Waals surface area (Å²) in [6.07, 6.45) is 21.7. The number of sulfone groups is 1. The number of rotatable bonds is 16.